The maximum absolute atomic E-state index is 14.7. The van der Waals surface area contributed by atoms with E-state index in [0.29, 0.717) is 11.3 Å². The average molecular weight is 544 g/mol. The van der Waals surface area contributed by atoms with Crippen molar-refractivity contribution in [3.63, 3.8) is 0 Å². The van der Waals surface area contributed by atoms with Gasteiger partial charge in [-0.2, -0.15) is 8.42 Å². The van der Waals surface area contributed by atoms with E-state index in [2.05, 4.69) is 15.8 Å². The van der Waals surface area contributed by atoms with E-state index in [1.54, 1.807) is 37.4 Å². The van der Waals surface area contributed by atoms with E-state index in [1.165, 1.54) is 19.1 Å². The molecule has 0 spiro atoms. The normalized spacial score (nSPS) is 17.4. The third-order valence-corrected chi connectivity index (χ3v) is 6.77. The Kier molecular flexibility index (Phi) is 9.88. The summed E-state index contributed by atoms with van der Waals surface area (Å²) in [5.74, 6) is -0.382. The molecule has 0 saturated carbocycles. The van der Waals surface area contributed by atoms with Gasteiger partial charge in [0.15, 0.2) is 0 Å². The summed E-state index contributed by atoms with van der Waals surface area (Å²) in [5.41, 5.74) is 3.65. The van der Waals surface area contributed by atoms with Crippen LogP contribution >= 0.6 is 11.6 Å². The first-order valence-corrected chi connectivity index (χ1v) is 13.0. The van der Waals surface area contributed by atoms with Crippen molar-refractivity contribution in [2.45, 2.75) is 25.5 Å². The van der Waals surface area contributed by atoms with Crippen molar-refractivity contribution in [2.24, 2.45) is 4.99 Å². The number of carbonyl (C=O) groups excluding carboxylic acids is 1. The van der Waals surface area contributed by atoms with Crippen LogP contribution in [0.5, 0.6) is 5.75 Å². The Morgan fingerprint density at radius 1 is 1.19 bits per heavy atom. The van der Waals surface area contributed by atoms with Crippen LogP contribution in [-0.2, 0) is 30.5 Å². The molecular weight excluding hydrogens is 517 g/mol. The lowest BCUT2D eigenvalue weighted by molar-refractivity contribution is 0.0589. The minimum Gasteiger partial charge on any atom is -0.497 e. The number of nitrogens with one attached hydrogen (secondary N) is 2. The number of benzene rings is 2. The topological polar surface area (TPSA) is 125 Å². The van der Waals surface area contributed by atoms with Gasteiger partial charge < -0.3 is 14.8 Å². The van der Waals surface area contributed by atoms with E-state index in [1.807, 2.05) is 0 Å². The van der Waals surface area contributed by atoms with Crippen LogP contribution in [0.25, 0.3) is 0 Å². The monoisotopic (exact) mass is 543 g/mol. The first kappa shape index (κ1) is 27.7. The first-order chi connectivity index (χ1) is 17.2. The Bertz CT molecular complexity index is 1180. The summed E-state index contributed by atoms with van der Waals surface area (Å²) in [4.78, 5) is 22.2. The molecule has 1 aliphatic rings. The number of halogens is 2. The van der Waals surface area contributed by atoms with Gasteiger partial charge in [0.05, 0.1) is 32.6 Å². The maximum Gasteiger partial charge on any atom is 0.408 e. The SMILES string of the molecule is CCS(=O)(=O)OCCONC1=NC[C@@H](c2ccc(Cl)cc2F)[C@@H]1NC(=O)OCc1ccc(OC)cc1. The minimum atomic E-state index is -3.60. The Morgan fingerprint density at radius 2 is 1.94 bits per heavy atom. The molecule has 196 valence electrons. The van der Waals surface area contributed by atoms with Crippen molar-refractivity contribution < 1.29 is 36.1 Å². The number of hydrogen-bond donors (Lipinski definition) is 2. The second-order valence-electron chi connectivity index (χ2n) is 7.66. The molecule has 0 aromatic heterocycles. The van der Waals surface area contributed by atoms with E-state index in [4.69, 9.17) is 30.1 Å². The summed E-state index contributed by atoms with van der Waals surface area (Å²) in [7, 11) is -2.05. The summed E-state index contributed by atoms with van der Waals surface area (Å²) in [5, 5.41) is 2.94. The van der Waals surface area contributed by atoms with Crippen LogP contribution < -0.4 is 15.5 Å². The van der Waals surface area contributed by atoms with Gasteiger partial charge in [-0.15, -0.1) is 0 Å². The maximum atomic E-state index is 14.7. The van der Waals surface area contributed by atoms with Gasteiger partial charge in [0.2, 0.25) is 0 Å². The predicted molar refractivity (Wildman–Crippen MR) is 131 cm³/mol. The lowest BCUT2D eigenvalue weighted by Gasteiger charge is -2.23. The van der Waals surface area contributed by atoms with E-state index in [0.717, 1.165) is 5.56 Å². The van der Waals surface area contributed by atoms with Crippen molar-refractivity contribution >= 4 is 33.6 Å². The quantitative estimate of drug-likeness (QED) is 0.251. The molecule has 10 nitrogen and oxygen atoms in total. The van der Waals surface area contributed by atoms with Gasteiger partial charge in [-0.3, -0.25) is 19.5 Å². The Hall–Kier alpha value is -2.93. The third-order valence-electron chi connectivity index (χ3n) is 5.30. The van der Waals surface area contributed by atoms with E-state index in [-0.39, 0.29) is 43.0 Å². The van der Waals surface area contributed by atoms with Gasteiger partial charge in [-0.05, 0) is 42.3 Å². The number of hydrogen-bond acceptors (Lipinski definition) is 9. The Labute approximate surface area is 213 Å². The standard InChI is InChI=1S/C23H27ClFN3O7S/c1-3-36(30,31)35-11-10-34-28-22-21(19(13-26-22)18-9-6-16(24)12-20(18)25)27-23(29)33-14-15-4-7-17(32-2)8-5-15/h4-9,12,19,21H,3,10-11,13-14H2,1-2H3,(H,26,28)(H,27,29)/t19-,21-/m0/s1. The van der Waals surface area contributed by atoms with Gasteiger partial charge in [0, 0.05) is 10.9 Å². The summed E-state index contributed by atoms with van der Waals surface area (Å²) in [6.45, 7) is 1.28. The van der Waals surface area contributed by atoms with Crippen molar-refractivity contribution in [1.29, 1.82) is 0 Å². The number of rotatable bonds is 11. The minimum absolute atomic E-state index is 0.00215. The molecule has 0 unspecified atom stereocenters. The van der Waals surface area contributed by atoms with Gasteiger partial charge in [0.25, 0.3) is 10.1 Å². The molecule has 2 aromatic rings. The number of amidine groups is 1. The zero-order valence-electron chi connectivity index (χ0n) is 19.7. The molecule has 0 saturated heterocycles. The molecular formula is C23H27ClFN3O7S. The lowest BCUT2D eigenvalue weighted by Crippen LogP contribution is -2.48. The molecule has 13 heteroatoms. The van der Waals surface area contributed by atoms with Crippen molar-refractivity contribution in [1.82, 2.24) is 10.8 Å². The lowest BCUT2D eigenvalue weighted by atomic mass is 9.92. The van der Waals surface area contributed by atoms with Gasteiger partial charge in [-0.1, -0.05) is 29.8 Å². The highest BCUT2D eigenvalue weighted by atomic mass is 35.5. The van der Waals surface area contributed by atoms with Crippen LogP contribution in [-0.4, -0.2) is 59.0 Å². The Balaban J connectivity index is 1.64. The highest BCUT2D eigenvalue weighted by Gasteiger charge is 2.36. The molecule has 2 N–H and O–H groups in total. The van der Waals surface area contributed by atoms with Crippen LogP contribution in [0.1, 0.15) is 24.0 Å². The van der Waals surface area contributed by atoms with E-state index < -0.39 is 34.0 Å². The highest BCUT2D eigenvalue weighted by molar-refractivity contribution is 7.86. The predicted octanol–water partition coefficient (Wildman–Crippen LogP) is 3.17. The van der Waals surface area contributed by atoms with Gasteiger partial charge in [0.1, 0.15) is 30.1 Å². The first-order valence-electron chi connectivity index (χ1n) is 11.0. The number of aliphatic imine (C=N–C) groups is 1. The van der Waals surface area contributed by atoms with E-state index in [9.17, 15) is 17.6 Å². The smallest absolute Gasteiger partial charge is 0.408 e. The number of ether oxygens (including phenoxy) is 2. The molecule has 2 atom stereocenters. The molecule has 1 heterocycles. The third kappa shape index (κ3) is 7.79. The van der Waals surface area contributed by atoms with Crippen LogP contribution in [0, 0.1) is 5.82 Å². The molecule has 0 aliphatic carbocycles. The largest absolute Gasteiger partial charge is 0.497 e. The average Bonchev–Trinajstić information content (AvgIpc) is 3.24. The molecule has 0 radical (unpaired) electrons. The fourth-order valence-corrected chi connectivity index (χ4v) is 4.03. The van der Waals surface area contributed by atoms with Crippen LogP contribution in [0.2, 0.25) is 5.02 Å². The van der Waals surface area contributed by atoms with Gasteiger partial charge >= 0.3 is 6.09 Å². The second kappa shape index (κ2) is 12.9. The van der Waals surface area contributed by atoms with Crippen molar-refractivity contribution in [2.75, 3.05) is 32.6 Å². The zero-order valence-corrected chi connectivity index (χ0v) is 21.3. The number of alkyl carbamates (subject to hydrolysis) is 1. The van der Waals surface area contributed by atoms with Crippen LogP contribution in [0.4, 0.5) is 9.18 Å². The zero-order chi connectivity index (χ0) is 26.1. The van der Waals surface area contributed by atoms with Crippen molar-refractivity contribution in [3.8, 4) is 5.75 Å². The summed E-state index contributed by atoms with van der Waals surface area (Å²) < 4.78 is 52.7. The highest BCUT2D eigenvalue weighted by Crippen LogP contribution is 2.29. The van der Waals surface area contributed by atoms with Crippen LogP contribution in [0.3, 0.4) is 0 Å². The summed E-state index contributed by atoms with van der Waals surface area (Å²) in [6.07, 6.45) is -0.746. The number of hydroxylamine groups is 1. The van der Waals surface area contributed by atoms with E-state index >= 15 is 0 Å². The molecule has 36 heavy (non-hydrogen) atoms. The second-order valence-corrected chi connectivity index (χ2v) is 10.0. The van der Waals surface area contributed by atoms with Gasteiger partial charge in [-0.25, -0.2) is 9.18 Å². The Morgan fingerprint density at radius 3 is 2.61 bits per heavy atom. The number of nitrogens with zero attached hydrogens (tertiary/aromatic N) is 1. The summed E-state index contributed by atoms with van der Waals surface area (Å²) >= 11 is 5.88. The fraction of sp³-hybridized carbons (Fsp3) is 0.391. The summed E-state index contributed by atoms with van der Waals surface area (Å²) in [6, 6.07) is 10.5. The number of amides is 1. The van der Waals surface area contributed by atoms with Crippen LogP contribution in [0.15, 0.2) is 47.5 Å². The molecule has 2 aromatic carbocycles. The molecule has 0 bridgehead atoms. The van der Waals surface area contributed by atoms with Crippen molar-refractivity contribution in [3.05, 3.63) is 64.4 Å². The molecule has 3 rings (SSSR count). The fourth-order valence-electron chi connectivity index (χ4n) is 3.39. The number of carbonyl (C=O) groups is 1. The molecule has 1 amide bonds. The molecule has 0 fully saturated rings. The number of methoxy groups -OCH3 is 1. The molecule has 1 aliphatic heterocycles.